The second kappa shape index (κ2) is 4.61. The Bertz CT molecular complexity index is 1170. The summed E-state index contributed by atoms with van der Waals surface area (Å²) in [6.07, 6.45) is 5.34. The number of benzene rings is 1. The molecule has 108 valence electrons. The average molecular weight is 297 g/mol. The van der Waals surface area contributed by atoms with E-state index in [4.69, 9.17) is 4.42 Å². The standard InChI is InChI=1S/C19H11N3O/c1-2-5-13-12(4-1)7-10-21-17(13)19-16-14(8-11-22-19)23-15-6-3-9-20-18(15)16/h1-11H. The molecule has 4 nitrogen and oxygen atoms in total. The van der Waals surface area contributed by atoms with Crippen LogP contribution < -0.4 is 0 Å². The van der Waals surface area contributed by atoms with Crippen molar-refractivity contribution in [1.82, 2.24) is 15.0 Å². The molecule has 0 fully saturated rings. The molecule has 0 atom stereocenters. The summed E-state index contributed by atoms with van der Waals surface area (Å²) in [5.74, 6) is 0. The second-order valence-electron chi connectivity index (χ2n) is 5.37. The zero-order chi connectivity index (χ0) is 15.2. The Morgan fingerprint density at radius 3 is 2.52 bits per heavy atom. The van der Waals surface area contributed by atoms with E-state index >= 15 is 0 Å². The highest BCUT2D eigenvalue weighted by Crippen LogP contribution is 2.35. The molecule has 4 heteroatoms. The first kappa shape index (κ1) is 12.3. The molecule has 0 saturated heterocycles. The molecule has 0 amide bonds. The van der Waals surface area contributed by atoms with Gasteiger partial charge < -0.3 is 4.42 Å². The van der Waals surface area contributed by atoms with Crippen LogP contribution in [-0.2, 0) is 0 Å². The normalized spacial score (nSPS) is 11.5. The minimum absolute atomic E-state index is 0.761. The number of hydrogen-bond donors (Lipinski definition) is 0. The molecule has 0 aliphatic heterocycles. The van der Waals surface area contributed by atoms with Gasteiger partial charge >= 0.3 is 0 Å². The lowest BCUT2D eigenvalue weighted by Gasteiger charge is -2.05. The molecule has 4 heterocycles. The number of furan rings is 1. The van der Waals surface area contributed by atoms with Crippen molar-refractivity contribution in [3.8, 4) is 11.4 Å². The van der Waals surface area contributed by atoms with Crippen LogP contribution >= 0.6 is 0 Å². The summed E-state index contributed by atoms with van der Waals surface area (Å²) in [6, 6.07) is 15.8. The third-order valence-electron chi connectivity index (χ3n) is 4.04. The van der Waals surface area contributed by atoms with E-state index in [0.29, 0.717) is 0 Å². The van der Waals surface area contributed by atoms with E-state index in [9.17, 15) is 0 Å². The Morgan fingerprint density at radius 2 is 1.52 bits per heavy atom. The third kappa shape index (κ3) is 1.75. The first-order valence-electron chi connectivity index (χ1n) is 7.38. The maximum absolute atomic E-state index is 5.90. The van der Waals surface area contributed by atoms with Gasteiger partial charge in [0.25, 0.3) is 0 Å². The Balaban J connectivity index is 1.96. The number of hydrogen-bond acceptors (Lipinski definition) is 4. The molecule has 0 aliphatic rings. The van der Waals surface area contributed by atoms with Gasteiger partial charge in [0.15, 0.2) is 5.58 Å². The van der Waals surface area contributed by atoms with E-state index in [1.54, 1.807) is 12.4 Å². The summed E-state index contributed by atoms with van der Waals surface area (Å²) in [5, 5.41) is 3.12. The fourth-order valence-electron chi connectivity index (χ4n) is 3.02. The van der Waals surface area contributed by atoms with E-state index in [1.807, 2.05) is 42.6 Å². The van der Waals surface area contributed by atoms with Crippen LogP contribution in [0.1, 0.15) is 0 Å². The zero-order valence-electron chi connectivity index (χ0n) is 12.1. The van der Waals surface area contributed by atoms with Gasteiger partial charge in [-0.3, -0.25) is 15.0 Å². The van der Waals surface area contributed by atoms with Crippen molar-refractivity contribution < 1.29 is 4.42 Å². The first-order valence-corrected chi connectivity index (χ1v) is 7.38. The summed E-state index contributed by atoms with van der Waals surface area (Å²) in [7, 11) is 0. The molecule has 0 N–H and O–H groups in total. The quantitative estimate of drug-likeness (QED) is 0.454. The third-order valence-corrected chi connectivity index (χ3v) is 4.04. The molecule has 4 aromatic heterocycles. The molecular formula is C19H11N3O. The van der Waals surface area contributed by atoms with E-state index in [2.05, 4.69) is 27.1 Å². The highest BCUT2D eigenvalue weighted by atomic mass is 16.3. The van der Waals surface area contributed by atoms with Crippen molar-refractivity contribution in [1.29, 1.82) is 0 Å². The predicted octanol–water partition coefficient (Wildman–Crippen LogP) is 4.59. The Hall–Kier alpha value is -3.27. The topological polar surface area (TPSA) is 51.8 Å². The molecule has 0 radical (unpaired) electrons. The molecule has 0 bridgehead atoms. The fraction of sp³-hybridized carbons (Fsp3) is 0. The smallest absolute Gasteiger partial charge is 0.153 e. The number of fused-ring (bicyclic) bond motifs is 4. The Morgan fingerprint density at radius 1 is 0.652 bits per heavy atom. The van der Waals surface area contributed by atoms with E-state index in [-0.39, 0.29) is 0 Å². The second-order valence-corrected chi connectivity index (χ2v) is 5.37. The van der Waals surface area contributed by atoms with Gasteiger partial charge in [-0.1, -0.05) is 24.3 Å². The van der Waals surface area contributed by atoms with E-state index in [1.165, 1.54) is 0 Å². The highest BCUT2D eigenvalue weighted by Gasteiger charge is 2.16. The fourth-order valence-corrected chi connectivity index (χ4v) is 3.02. The van der Waals surface area contributed by atoms with Crippen molar-refractivity contribution in [2.45, 2.75) is 0 Å². The molecule has 0 saturated carbocycles. The van der Waals surface area contributed by atoms with Crippen molar-refractivity contribution in [2.75, 3.05) is 0 Å². The number of rotatable bonds is 1. The van der Waals surface area contributed by atoms with Crippen LogP contribution in [0.3, 0.4) is 0 Å². The van der Waals surface area contributed by atoms with Crippen LogP contribution in [0.15, 0.2) is 71.5 Å². The largest absolute Gasteiger partial charge is 0.454 e. The minimum atomic E-state index is 0.761. The summed E-state index contributed by atoms with van der Waals surface area (Å²) in [5.41, 5.74) is 4.01. The van der Waals surface area contributed by atoms with Crippen LogP contribution in [0.5, 0.6) is 0 Å². The highest BCUT2D eigenvalue weighted by molar-refractivity contribution is 6.11. The summed E-state index contributed by atoms with van der Waals surface area (Å²) >= 11 is 0. The Kier molecular flexibility index (Phi) is 2.46. The van der Waals surface area contributed by atoms with E-state index in [0.717, 1.165) is 44.2 Å². The number of aromatic nitrogens is 3. The maximum atomic E-state index is 5.90. The lowest BCUT2D eigenvalue weighted by atomic mass is 10.1. The van der Waals surface area contributed by atoms with Crippen molar-refractivity contribution in [3.05, 3.63) is 67.1 Å². The minimum Gasteiger partial charge on any atom is -0.454 e. The monoisotopic (exact) mass is 297 g/mol. The number of pyridine rings is 3. The molecule has 23 heavy (non-hydrogen) atoms. The van der Waals surface area contributed by atoms with Gasteiger partial charge in [-0.05, 0) is 29.7 Å². The van der Waals surface area contributed by atoms with Gasteiger partial charge in [-0.25, -0.2) is 0 Å². The molecule has 5 aromatic rings. The average Bonchev–Trinajstić information content (AvgIpc) is 3.00. The summed E-state index contributed by atoms with van der Waals surface area (Å²) in [4.78, 5) is 13.6. The van der Waals surface area contributed by atoms with Gasteiger partial charge in [0, 0.05) is 24.0 Å². The van der Waals surface area contributed by atoms with Gasteiger partial charge in [-0.2, -0.15) is 0 Å². The predicted molar refractivity (Wildman–Crippen MR) is 90.0 cm³/mol. The first-order chi connectivity index (χ1) is 11.4. The number of nitrogens with zero attached hydrogens (tertiary/aromatic N) is 3. The lowest BCUT2D eigenvalue weighted by molar-refractivity contribution is 0.668. The van der Waals surface area contributed by atoms with Gasteiger partial charge in [0.2, 0.25) is 0 Å². The van der Waals surface area contributed by atoms with Crippen molar-refractivity contribution >= 4 is 32.8 Å². The molecule has 5 rings (SSSR count). The summed E-state index contributed by atoms with van der Waals surface area (Å²) in [6.45, 7) is 0. The van der Waals surface area contributed by atoms with Gasteiger partial charge in [0.05, 0.1) is 11.1 Å². The maximum Gasteiger partial charge on any atom is 0.153 e. The van der Waals surface area contributed by atoms with Crippen molar-refractivity contribution in [3.63, 3.8) is 0 Å². The van der Waals surface area contributed by atoms with Crippen LogP contribution in [-0.4, -0.2) is 15.0 Å². The molecular weight excluding hydrogens is 286 g/mol. The zero-order valence-corrected chi connectivity index (χ0v) is 12.1. The van der Waals surface area contributed by atoms with Crippen LogP contribution in [0.2, 0.25) is 0 Å². The molecule has 0 aliphatic carbocycles. The lowest BCUT2D eigenvalue weighted by Crippen LogP contribution is -1.90. The van der Waals surface area contributed by atoms with E-state index < -0.39 is 0 Å². The van der Waals surface area contributed by atoms with Crippen LogP contribution in [0.25, 0.3) is 44.2 Å². The molecule has 1 aromatic carbocycles. The summed E-state index contributed by atoms with van der Waals surface area (Å²) < 4.78 is 5.90. The molecule has 0 spiro atoms. The van der Waals surface area contributed by atoms with Crippen LogP contribution in [0, 0.1) is 0 Å². The Labute approximate surface area is 131 Å². The van der Waals surface area contributed by atoms with Gasteiger partial charge in [0.1, 0.15) is 16.8 Å². The van der Waals surface area contributed by atoms with Gasteiger partial charge in [-0.15, -0.1) is 0 Å². The van der Waals surface area contributed by atoms with Crippen LogP contribution in [0.4, 0.5) is 0 Å². The van der Waals surface area contributed by atoms with Crippen molar-refractivity contribution in [2.24, 2.45) is 0 Å². The SMILES string of the molecule is c1ccc2c(-c3nccc4oc5cccnc5c34)nccc2c1. The molecule has 0 unspecified atom stereocenters.